The molecular formula is C26H32N4O4S. The van der Waals surface area contributed by atoms with E-state index in [2.05, 4.69) is 47.1 Å². The number of nitrogens with zero attached hydrogens (tertiary/aromatic N) is 3. The Hall–Kier alpha value is -3.59. The lowest BCUT2D eigenvalue weighted by molar-refractivity contribution is -0.119. The van der Waals surface area contributed by atoms with E-state index < -0.39 is 22.5 Å². The third-order valence-electron chi connectivity index (χ3n) is 5.58. The molecule has 0 unspecified atom stereocenters. The monoisotopic (exact) mass is 496 g/mol. The molecule has 1 heterocycles. The minimum absolute atomic E-state index is 0.368. The van der Waals surface area contributed by atoms with Gasteiger partial charge in [0.05, 0.1) is 24.8 Å². The maximum atomic E-state index is 12.5. The first-order valence-electron chi connectivity index (χ1n) is 11.3. The van der Waals surface area contributed by atoms with Gasteiger partial charge in [-0.15, -0.1) is 0 Å². The molecule has 0 fully saturated rings. The van der Waals surface area contributed by atoms with E-state index in [4.69, 9.17) is 4.74 Å². The Balaban J connectivity index is 1.74. The molecular weight excluding hydrogens is 464 g/mol. The molecule has 0 spiro atoms. The van der Waals surface area contributed by atoms with Gasteiger partial charge in [-0.1, -0.05) is 17.7 Å². The summed E-state index contributed by atoms with van der Waals surface area (Å²) in [6, 6.07) is 14.8. The van der Waals surface area contributed by atoms with Crippen molar-refractivity contribution in [1.82, 2.24) is 9.99 Å². The van der Waals surface area contributed by atoms with Gasteiger partial charge < -0.3 is 9.30 Å². The lowest BCUT2D eigenvalue weighted by atomic mass is 10.1. The summed E-state index contributed by atoms with van der Waals surface area (Å²) in [4.78, 5) is 12.5. The summed E-state index contributed by atoms with van der Waals surface area (Å²) in [7, 11) is -3.69. The lowest BCUT2D eigenvalue weighted by Crippen LogP contribution is -2.39. The topological polar surface area (TPSA) is 93.0 Å². The van der Waals surface area contributed by atoms with Crippen LogP contribution in [0.1, 0.15) is 35.0 Å². The highest BCUT2D eigenvalue weighted by Gasteiger charge is 2.21. The first kappa shape index (κ1) is 26.0. The number of hydrogen-bond donors (Lipinski definition) is 1. The summed E-state index contributed by atoms with van der Waals surface area (Å²) in [6.07, 6.45) is 2.63. The molecule has 8 nitrogen and oxygen atoms in total. The molecule has 186 valence electrons. The van der Waals surface area contributed by atoms with E-state index in [1.165, 1.54) is 11.1 Å². The van der Waals surface area contributed by atoms with E-state index >= 15 is 0 Å². The van der Waals surface area contributed by atoms with Crippen molar-refractivity contribution in [3.63, 3.8) is 0 Å². The van der Waals surface area contributed by atoms with Crippen LogP contribution in [0.25, 0.3) is 5.69 Å². The van der Waals surface area contributed by atoms with Gasteiger partial charge in [0.25, 0.3) is 5.91 Å². The molecule has 9 heteroatoms. The minimum Gasteiger partial charge on any atom is -0.494 e. The first-order valence-corrected chi connectivity index (χ1v) is 13.1. The molecule has 0 aliphatic heterocycles. The van der Waals surface area contributed by atoms with E-state index in [-0.39, 0.29) is 0 Å². The second-order valence-electron chi connectivity index (χ2n) is 8.44. The first-order chi connectivity index (χ1) is 16.5. The summed E-state index contributed by atoms with van der Waals surface area (Å²) in [6.45, 7) is 10.1. The third kappa shape index (κ3) is 6.30. The van der Waals surface area contributed by atoms with Crippen molar-refractivity contribution in [3.05, 3.63) is 76.6 Å². The fourth-order valence-electron chi connectivity index (χ4n) is 3.96. The zero-order valence-electron chi connectivity index (χ0n) is 21.0. The van der Waals surface area contributed by atoms with Crippen LogP contribution in [0.5, 0.6) is 5.75 Å². The number of rotatable bonds is 9. The van der Waals surface area contributed by atoms with E-state index in [9.17, 15) is 13.2 Å². The normalized spacial score (nSPS) is 11.6. The van der Waals surface area contributed by atoms with Gasteiger partial charge in [0.2, 0.25) is 10.0 Å². The lowest BCUT2D eigenvalue weighted by Gasteiger charge is -2.21. The van der Waals surface area contributed by atoms with E-state index in [0.29, 0.717) is 18.0 Å². The molecule has 0 atom stereocenters. The Bertz CT molecular complexity index is 1340. The van der Waals surface area contributed by atoms with Crippen LogP contribution in [0, 0.1) is 27.7 Å². The molecule has 0 radical (unpaired) electrons. The number of carbonyl (C=O) groups is 1. The fraction of sp³-hybridized carbons (Fsp3) is 0.308. The van der Waals surface area contributed by atoms with Gasteiger partial charge >= 0.3 is 0 Å². The Kier molecular flexibility index (Phi) is 8.01. The van der Waals surface area contributed by atoms with Crippen molar-refractivity contribution in [2.24, 2.45) is 5.10 Å². The fourth-order valence-corrected chi connectivity index (χ4v) is 4.82. The van der Waals surface area contributed by atoms with E-state index in [1.807, 2.05) is 26.8 Å². The molecule has 0 saturated carbocycles. The number of hydrogen-bond acceptors (Lipinski definition) is 5. The van der Waals surface area contributed by atoms with Crippen LogP contribution < -0.4 is 14.5 Å². The number of carbonyl (C=O) groups excluding carboxylic acids is 1. The van der Waals surface area contributed by atoms with Crippen LogP contribution >= 0.6 is 0 Å². The number of nitrogens with one attached hydrogen (secondary N) is 1. The summed E-state index contributed by atoms with van der Waals surface area (Å²) in [5.41, 5.74) is 9.15. The molecule has 2 aromatic carbocycles. The predicted octanol–water partition coefficient (Wildman–Crippen LogP) is 4.03. The van der Waals surface area contributed by atoms with Gasteiger partial charge in [-0.3, -0.25) is 9.10 Å². The van der Waals surface area contributed by atoms with E-state index in [1.54, 1.807) is 30.5 Å². The Morgan fingerprint density at radius 2 is 1.77 bits per heavy atom. The van der Waals surface area contributed by atoms with Crippen molar-refractivity contribution in [2.45, 2.75) is 34.6 Å². The average molecular weight is 497 g/mol. The summed E-state index contributed by atoms with van der Waals surface area (Å²) in [5.74, 6) is 0.0703. The quantitative estimate of drug-likeness (QED) is 0.358. The smallest absolute Gasteiger partial charge is 0.260 e. The maximum Gasteiger partial charge on any atom is 0.260 e. The number of benzene rings is 2. The summed E-state index contributed by atoms with van der Waals surface area (Å²) < 4.78 is 33.2. The average Bonchev–Trinajstić information content (AvgIpc) is 3.05. The number of anilines is 1. The molecule has 1 aromatic heterocycles. The van der Waals surface area contributed by atoms with Gasteiger partial charge in [0, 0.05) is 22.6 Å². The number of amides is 1. The van der Waals surface area contributed by atoms with Crippen LogP contribution in [-0.2, 0) is 14.8 Å². The Morgan fingerprint density at radius 1 is 1.09 bits per heavy atom. The second-order valence-corrected chi connectivity index (χ2v) is 10.3. The minimum atomic E-state index is -3.69. The predicted molar refractivity (Wildman–Crippen MR) is 140 cm³/mol. The molecule has 0 aliphatic carbocycles. The Morgan fingerprint density at radius 3 is 2.37 bits per heavy atom. The standard InChI is InChI=1S/C26H32N4O4S/c1-7-34-24-11-9-23(10-12-24)29(35(6,32)33)17-26(31)28-27-16-22-15-20(4)30(21(22)5)25-13-8-18(2)14-19(25)3/h8-16H,7,17H2,1-6H3,(H,28,31). The molecule has 35 heavy (non-hydrogen) atoms. The van der Waals surface area contributed by atoms with Crippen LogP contribution in [0.15, 0.2) is 53.6 Å². The molecule has 0 bridgehead atoms. The van der Waals surface area contributed by atoms with Crippen molar-refractivity contribution < 1.29 is 17.9 Å². The van der Waals surface area contributed by atoms with Crippen molar-refractivity contribution >= 4 is 27.8 Å². The molecule has 3 aromatic rings. The van der Waals surface area contributed by atoms with Crippen LogP contribution in [0.2, 0.25) is 0 Å². The third-order valence-corrected chi connectivity index (χ3v) is 6.72. The highest BCUT2D eigenvalue weighted by Crippen LogP contribution is 2.24. The molecule has 1 N–H and O–H groups in total. The number of aryl methyl sites for hydroxylation is 3. The number of sulfonamides is 1. The molecule has 0 aliphatic rings. The van der Waals surface area contributed by atoms with Crippen LogP contribution in [0.3, 0.4) is 0 Å². The van der Waals surface area contributed by atoms with Gasteiger partial charge in [-0.25, -0.2) is 13.8 Å². The van der Waals surface area contributed by atoms with Crippen LogP contribution in [-0.4, -0.2) is 44.5 Å². The van der Waals surface area contributed by atoms with Gasteiger partial charge in [-0.2, -0.15) is 5.10 Å². The van der Waals surface area contributed by atoms with Crippen molar-refractivity contribution in [3.8, 4) is 11.4 Å². The largest absolute Gasteiger partial charge is 0.494 e. The highest BCUT2D eigenvalue weighted by atomic mass is 32.2. The van der Waals surface area contributed by atoms with Gasteiger partial charge in [-0.05, 0) is 76.6 Å². The maximum absolute atomic E-state index is 12.5. The van der Waals surface area contributed by atoms with Crippen molar-refractivity contribution in [2.75, 3.05) is 23.7 Å². The molecule has 1 amide bonds. The second kappa shape index (κ2) is 10.8. The van der Waals surface area contributed by atoms with Crippen LogP contribution in [0.4, 0.5) is 5.69 Å². The number of ether oxygens (including phenoxy) is 1. The zero-order chi connectivity index (χ0) is 25.8. The molecule has 0 saturated heterocycles. The SMILES string of the molecule is CCOc1ccc(N(CC(=O)NN=Cc2cc(C)n(-c3ccc(C)cc3C)c2C)S(C)(=O)=O)cc1. The summed E-state index contributed by atoms with van der Waals surface area (Å²) >= 11 is 0. The number of hydrazone groups is 1. The zero-order valence-corrected chi connectivity index (χ0v) is 21.8. The Labute approximate surface area is 207 Å². The van der Waals surface area contributed by atoms with Crippen molar-refractivity contribution in [1.29, 1.82) is 0 Å². The highest BCUT2D eigenvalue weighted by molar-refractivity contribution is 7.92. The van der Waals surface area contributed by atoms with Gasteiger partial charge in [0.1, 0.15) is 12.3 Å². The van der Waals surface area contributed by atoms with E-state index in [0.717, 1.165) is 33.2 Å². The number of aromatic nitrogens is 1. The summed E-state index contributed by atoms with van der Waals surface area (Å²) in [5, 5.41) is 4.07. The van der Waals surface area contributed by atoms with Gasteiger partial charge in [0.15, 0.2) is 0 Å². The molecule has 3 rings (SSSR count).